The van der Waals surface area contributed by atoms with E-state index in [0.717, 1.165) is 12.8 Å². The van der Waals surface area contributed by atoms with Crippen LogP contribution in [0.4, 0.5) is 0 Å². The van der Waals surface area contributed by atoms with Crippen LogP contribution in [-0.4, -0.2) is 92.0 Å². The summed E-state index contributed by atoms with van der Waals surface area (Å²) >= 11 is 0. The van der Waals surface area contributed by atoms with Crippen LogP contribution in [0.25, 0.3) is 0 Å². The second-order valence-electron chi connectivity index (χ2n) is 6.57. The molecule has 4 atom stereocenters. The molecule has 26 heavy (non-hydrogen) atoms. The van der Waals surface area contributed by atoms with Gasteiger partial charge in [-0.1, -0.05) is 19.8 Å². The van der Waals surface area contributed by atoms with E-state index in [9.17, 15) is 34.8 Å². The molecule has 0 aliphatic carbocycles. The standard InChI is InChI=1S/C17H32N2O7/c1-5-6-7-14(20)10-18(11(2)15(21)22)8-9-19(12(3)16(23)24)13(4)17(25)26/h11-14,20H,5-10H2,1-4H3,(H,21,22)(H,23,24)(H,25,26). The molecule has 0 rings (SSSR count). The summed E-state index contributed by atoms with van der Waals surface area (Å²) in [4.78, 5) is 36.7. The fourth-order valence-corrected chi connectivity index (χ4v) is 2.65. The van der Waals surface area contributed by atoms with E-state index in [4.69, 9.17) is 0 Å². The molecular formula is C17H32N2O7. The minimum Gasteiger partial charge on any atom is -0.480 e. The first-order valence-corrected chi connectivity index (χ1v) is 8.89. The first kappa shape index (κ1) is 24.3. The van der Waals surface area contributed by atoms with Gasteiger partial charge in [-0.3, -0.25) is 24.2 Å². The molecule has 0 spiro atoms. The Morgan fingerprint density at radius 3 is 1.69 bits per heavy atom. The highest BCUT2D eigenvalue weighted by Crippen LogP contribution is 2.11. The van der Waals surface area contributed by atoms with Gasteiger partial charge in [0, 0.05) is 19.6 Å². The predicted octanol–water partition coefficient (Wildman–Crippen LogP) is 0.561. The van der Waals surface area contributed by atoms with Crippen LogP contribution in [0.3, 0.4) is 0 Å². The molecule has 0 saturated heterocycles. The predicted molar refractivity (Wildman–Crippen MR) is 95.1 cm³/mol. The first-order valence-electron chi connectivity index (χ1n) is 8.89. The topological polar surface area (TPSA) is 139 Å². The van der Waals surface area contributed by atoms with E-state index in [2.05, 4.69) is 0 Å². The molecule has 0 aromatic rings. The lowest BCUT2D eigenvalue weighted by atomic mass is 10.1. The lowest BCUT2D eigenvalue weighted by molar-refractivity contribution is -0.151. The molecule has 4 unspecified atom stereocenters. The molecule has 0 aliphatic rings. The van der Waals surface area contributed by atoms with E-state index >= 15 is 0 Å². The molecule has 0 aromatic heterocycles. The van der Waals surface area contributed by atoms with Gasteiger partial charge in [-0.05, 0) is 27.2 Å². The van der Waals surface area contributed by atoms with E-state index < -0.39 is 42.1 Å². The molecule has 0 aliphatic heterocycles. The average molecular weight is 376 g/mol. The van der Waals surface area contributed by atoms with Gasteiger partial charge in [0.15, 0.2) is 0 Å². The van der Waals surface area contributed by atoms with Crippen molar-refractivity contribution in [2.24, 2.45) is 0 Å². The summed E-state index contributed by atoms with van der Waals surface area (Å²) in [6, 6.07) is -2.95. The van der Waals surface area contributed by atoms with Gasteiger partial charge in [0.05, 0.1) is 6.10 Å². The Morgan fingerprint density at radius 1 is 0.846 bits per heavy atom. The number of aliphatic carboxylic acids is 3. The van der Waals surface area contributed by atoms with Gasteiger partial charge < -0.3 is 20.4 Å². The highest BCUT2D eigenvalue weighted by atomic mass is 16.4. The summed E-state index contributed by atoms with van der Waals surface area (Å²) in [5, 5.41) is 37.8. The molecule has 0 aromatic carbocycles. The number of unbranched alkanes of at least 4 members (excludes halogenated alkanes) is 1. The number of aliphatic hydroxyl groups is 1. The van der Waals surface area contributed by atoms with Gasteiger partial charge in [0.1, 0.15) is 18.1 Å². The smallest absolute Gasteiger partial charge is 0.320 e. The summed E-state index contributed by atoms with van der Waals surface area (Å²) in [6.07, 6.45) is 1.57. The van der Waals surface area contributed by atoms with Crippen LogP contribution in [0, 0.1) is 0 Å². The molecule has 0 bridgehead atoms. The average Bonchev–Trinajstić information content (AvgIpc) is 2.57. The van der Waals surface area contributed by atoms with E-state index in [1.807, 2.05) is 6.92 Å². The molecular weight excluding hydrogens is 344 g/mol. The van der Waals surface area contributed by atoms with E-state index in [0.29, 0.717) is 6.42 Å². The van der Waals surface area contributed by atoms with Gasteiger partial charge in [0.2, 0.25) is 0 Å². The Bertz CT molecular complexity index is 452. The van der Waals surface area contributed by atoms with Crippen LogP contribution < -0.4 is 0 Å². The van der Waals surface area contributed by atoms with Crippen molar-refractivity contribution in [1.29, 1.82) is 0 Å². The van der Waals surface area contributed by atoms with Gasteiger partial charge in [0.25, 0.3) is 0 Å². The van der Waals surface area contributed by atoms with Gasteiger partial charge in [-0.25, -0.2) is 0 Å². The summed E-state index contributed by atoms with van der Waals surface area (Å²) in [6.45, 7) is 6.57. The monoisotopic (exact) mass is 376 g/mol. The van der Waals surface area contributed by atoms with Crippen LogP contribution in [0.2, 0.25) is 0 Å². The Morgan fingerprint density at radius 2 is 1.31 bits per heavy atom. The van der Waals surface area contributed by atoms with E-state index in [1.54, 1.807) is 4.90 Å². The lowest BCUT2D eigenvalue weighted by Crippen LogP contribution is -2.53. The van der Waals surface area contributed by atoms with Crippen molar-refractivity contribution >= 4 is 17.9 Å². The number of rotatable bonds is 14. The second-order valence-corrected chi connectivity index (χ2v) is 6.57. The third-order valence-corrected chi connectivity index (χ3v) is 4.60. The summed E-state index contributed by atoms with van der Waals surface area (Å²) in [5.41, 5.74) is 0. The number of hydrogen-bond acceptors (Lipinski definition) is 6. The first-order chi connectivity index (χ1) is 12.0. The largest absolute Gasteiger partial charge is 0.480 e. The zero-order valence-electron chi connectivity index (χ0n) is 16.0. The Kier molecular flexibility index (Phi) is 11.0. The molecule has 0 fully saturated rings. The second kappa shape index (κ2) is 11.8. The summed E-state index contributed by atoms with van der Waals surface area (Å²) in [7, 11) is 0. The molecule has 152 valence electrons. The zero-order chi connectivity index (χ0) is 20.4. The van der Waals surface area contributed by atoms with Gasteiger partial charge in [-0.15, -0.1) is 0 Å². The van der Waals surface area contributed by atoms with Crippen molar-refractivity contribution in [2.75, 3.05) is 19.6 Å². The maximum absolute atomic E-state index is 11.3. The highest BCUT2D eigenvalue weighted by Gasteiger charge is 2.31. The maximum Gasteiger partial charge on any atom is 0.320 e. The summed E-state index contributed by atoms with van der Waals surface area (Å²) < 4.78 is 0. The van der Waals surface area contributed by atoms with Crippen LogP contribution in [0.15, 0.2) is 0 Å². The highest BCUT2D eigenvalue weighted by molar-refractivity contribution is 5.77. The lowest BCUT2D eigenvalue weighted by Gasteiger charge is -2.34. The van der Waals surface area contributed by atoms with Crippen LogP contribution in [-0.2, 0) is 14.4 Å². The minimum atomic E-state index is -1.15. The van der Waals surface area contributed by atoms with Crippen molar-refractivity contribution in [2.45, 2.75) is 71.2 Å². The van der Waals surface area contributed by atoms with Crippen molar-refractivity contribution < 1.29 is 34.8 Å². The molecule has 4 N–H and O–H groups in total. The third-order valence-electron chi connectivity index (χ3n) is 4.60. The maximum atomic E-state index is 11.3. The van der Waals surface area contributed by atoms with Crippen LogP contribution in [0.5, 0.6) is 0 Å². The number of carboxylic acid groups (broad SMARTS) is 3. The Hall–Kier alpha value is -1.71. The van der Waals surface area contributed by atoms with E-state index in [1.165, 1.54) is 25.7 Å². The van der Waals surface area contributed by atoms with Crippen molar-refractivity contribution in [3.8, 4) is 0 Å². The third kappa shape index (κ3) is 8.11. The minimum absolute atomic E-state index is 0.0546. The van der Waals surface area contributed by atoms with Crippen molar-refractivity contribution in [3.63, 3.8) is 0 Å². The summed E-state index contributed by atoms with van der Waals surface area (Å²) in [5.74, 6) is -3.37. The molecule has 0 heterocycles. The molecule has 0 amide bonds. The SMILES string of the molecule is CCCCC(O)CN(CCN(C(C)C(=O)O)C(C)C(=O)O)C(C)C(=O)O. The van der Waals surface area contributed by atoms with Crippen LogP contribution >= 0.6 is 0 Å². The number of hydrogen-bond donors (Lipinski definition) is 4. The van der Waals surface area contributed by atoms with Gasteiger partial charge >= 0.3 is 17.9 Å². The van der Waals surface area contributed by atoms with Crippen molar-refractivity contribution in [1.82, 2.24) is 9.80 Å². The molecule has 0 saturated carbocycles. The molecule has 9 nitrogen and oxygen atoms in total. The normalized spacial score (nSPS) is 16.3. The number of aliphatic hydroxyl groups excluding tert-OH is 1. The van der Waals surface area contributed by atoms with E-state index in [-0.39, 0.29) is 19.6 Å². The van der Waals surface area contributed by atoms with Crippen molar-refractivity contribution in [3.05, 3.63) is 0 Å². The Balaban J connectivity index is 5.16. The number of carboxylic acids is 3. The number of nitrogens with zero attached hydrogens (tertiary/aromatic N) is 2. The fraction of sp³-hybridized carbons (Fsp3) is 0.824. The zero-order valence-corrected chi connectivity index (χ0v) is 16.0. The van der Waals surface area contributed by atoms with Crippen LogP contribution in [0.1, 0.15) is 47.0 Å². The van der Waals surface area contributed by atoms with Gasteiger partial charge in [-0.2, -0.15) is 0 Å². The molecule has 0 radical (unpaired) electrons. The molecule has 9 heteroatoms. The quantitative estimate of drug-likeness (QED) is 0.342. The fourth-order valence-electron chi connectivity index (χ4n) is 2.65. The Labute approximate surface area is 154 Å². The number of carbonyl (C=O) groups is 3.